The standard InChI is InChI=1S/C12H15F3N4/c1-8-4-9(18-10(17-8)12(13,14)15)19-6-11(7-19)2-3-16-5-11/h4,16H,2-3,5-7H2,1H3. The highest BCUT2D eigenvalue weighted by atomic mass is 19.4. The van der Waals surface area contributed by atoms with Crippen LogP contribution in [0.25, 0.3) is 0 Å². The maximum absolute atomic E-state index is 12.7. The van der Waals surface area contributed by atoms with E-state index in [0.717, 1.165) is 32.6 Å². The molecule has 1 aromatic heterocycles. The van der Waals surface area contributed by atoms with Gasteiger partial charge in [0.05, 0.1) is 0 Å². The summed E-state index contributed by atoms with van der Waals surface area (Å²) in [6, 6.07) is 1.62. The fraction of sp³-hybridized carbons (Fsp3) is 0.667. The molecule has 1 N–H and O–H groups in total. The zero-order chi connectivity index (χ0) is 13.7. The molecule has 0 bridgehead atoms. The van der Waals surface area contributed by atoms with E-state index >= 15 is 0 Å². The highest BCUT2D eigenvalue weighted by Crippen LogP contribution is 2.39. The highest BCUT2D eigenvalue weighted by molar-refractivity contribution is 5.44. The summed E-state index contributed by atoms with van der Waals surface area (Å²) in [4.78, 5) is 9.01. The monoisotopic (exact) mass is 272 g/mol. The minimum atomic E-state index is -4.49. The first-order valence-corrected chi connectivity index (χ1v) is 6.27. The van der Waals surface area contributed by atoms with Crippen molar-refractivity contribution in [1.29, 1.82) is 0 Å². The summed E-state index contributed by atoms with van der Waals surface area (Å²) in [7, 11) is 0. The summed E-state index contributed by atoms with van der Waals surface area (Å²) in [5.74, 6) is -0.662. The number of nitrogens with zero attached hydrogens (tertiary/aromatic N) is 3. The van der Waals surface area contributed by atoms with Gasteiger partial charge in [-0.1, -0.05) is 0 Å². The molecule has 1 aromatic rings. The summed E-state index contributed by atoms with van der Waals surface area (Å²) in [6.07, 6.45) is -3.40. The van der Waals surface area contributed by atoms with Crippen LogP contribution >= 0.6 is 0 Å². The topological polar surface area (TPSA) is 41.0 Å². The number of hydrogen-bond donors (Lipinski definition) is 1. The van der Waals surface area contributed by atoms with Crippen molar-refractivity contribution in [2.75, 3.05) is 31.1 Å². The molecule has 0 aliphatic carbocycles. The second-order valence-corrected chi connectivity index (χ2v) is 5.47. The van der Waals surface area contributed by atoms with Crippen LogP contribution in [0.1, 0.15) is 17.9 Å². The van der Waals surface area contributed by atoms with Crippen molar-refractivity contribution in [3.8, 4) is 0 Å². The molecule has 0 saturated carbocycles. The van der Waals surface area contributed by atoms with Crippen LogP contribution in [-0.4, -0.2) is 36.1 Å². The zero-order valence-electron chi connectivity index (χ0n) is 10.6. The minimum absolute atomic E-state index is 0.233. The van der Waals surface area contributed by atoms with Crippen molar-refractivity contribution < 1.29 is 13.2 Å². The maximum Gasteiger partial charge on any atom is 0.451 e. The summed E-state index contributed by atoms with van der Waals surface area (Å²) in [6.45, 7) is 5.04. The number of anilines is 1. The van der Waals surface area contributed by atoms with Gasteiger partial charge in [-0.2, -0.15) is 13.2 Å². The van der Waals surface area contributed by atoms with Crippen LogP contribution in [0.4, 0.5) is 19.0 Å². The number of rotatable bonds is 1. The molecule has 3 rings (SSSR count). The van der Waals surface area contributed by atoms with E-state index in [1.54, 1.807) is 13.0 Å². The van der Waals surface area contributed by atoms with Crippen LogP contribution in [-0.2, 0) is 6.18 Å². The van der Waals surface area contributed by atoms with Crippen molar-refractivity contribution in [2.24, 2.45) is 5.41 Å². The SMILES string of the molecule is Cc1cc(N2CC3(CCNC3)C2)nc(C(F)(F)F)n1. The number of halogens is 3. The van der Waals surface area contributed by atoms with Crippen LogP contribution in [0.5, 0.6) is 0 Å². The van der Waals surface area contributed by atoms with Gasteiger partial charge in [-0.25, -0.2) is 9.97 Å². The Morgan fingerprint density at radius 2 is 2.05 bits per heavy atom. The Hall–Kier alpha value is -1.37. The van der Waals surface area contributed by atoms with Crippen molar-refractivity contribution in [1.82, 2.24) is 15.3 Å². The average molecular weight is 272 g/mol. The molecule has 0 unspecified atom stereocenters. The lowest BCUT2D eigenvalue weighted by molar-refractivity contribution is -0.145. The van der Waals surface area contributed by atoms with Crippen molar-refractivity contribution >= 4 is 5.82 Å². The Morgan fingerprint density at radius 3 is 2.63 bits per heavy atom. The molecule has 2 aliphatic heterocycles. The maximum atomic E-state index is 12.7. The quantitative estimate of drug-likeness (QED) is 0.843. The predicted octanol–water partition coefficient (Wildman–Crippen LogP) is 1.60. The van der Waals surface area contributed by atoms with E-state index in [1.165, 1.54) is 0 Å². The van der Waals surface area contributed by atoms with Crippen molar-refractivity contribution in [2.45, 2.75) is 19.5 Å². The normalized spacial score (nSPS) is 21.8. The second-order valence-electron chi connectivity index (χ2n) is 5.47. The van der Waals surface area contributed by atoms with Crippen LogP contribution in [0.2, 0.25) is 0 Å². The number of aromatic nitrogens is 2. The molecule has 2 aliphatic rings. The molecule has 2 fully saturated rings. The van der Waals surface area contributed by atoms with E-state index in [4.69, 9.17) is 0 Å². The lowest BCUT2D eigenvalue weighted by Crippen LogP contribution is -2.58. The van der Waals surface area contributed by atoms with Crippen LogP contribution in [0.15, 0.2) is 6.07 Å². The summed E-state index contributed by atoms with van der Waals surface area (Å²) in [5, 5.41) is 3.29. The Bertz CT molecular complexity index is 486. The van der Waals surface area contributed by atoms with E-state index in [2.05, 4.69) is 15.3 Å². The van der Waals surface area contributed by atoms with Gasteiger partial charge < -0.3 is 10.2 Å². The van der Waals surface area contributed by atoms with Crippen LogP contribution in [0, 0.1) is 12.3 Å². The molecule has 0 atom stereocenters. The molecule has 19 heavy (non-hydrogen) atoms. The highest BCUT2D eigenvalue weighted by Gasteiger charge is 2.46. The molecule has 2 saturated heterocycles. The molecule has 7 heteroatoms. The van der Waals surface area contributed by atoms with Gasteiger partial charge >= 0.3 is 6.18 Å². The van der Waals surface area contributed by atoms with Crippen LogP contribution in [0.3, 0.4) is 0 Å². The molecule has 0 aromatic carbocycles. The van der Waals surface area contributed by atoms with Crippen molar-refractivity contribution in [3.05, 3.63) is 17.6 Å². The predicted molar refractivity (Wildman–Crippen MR) is 63.9 cm³/mol. The van der Waals surface area contributed by atoms with Crippen LogP contribution < -0.4 is 10.2 Å². The largest absolute Gasteiger partial charge is 0.451 e. The lowest BCUT2D eigenvalue weighted by Gasteiger charge is -2.48. The van der Waals surface area contributed by atoms with Gasteiger partial charge in [0.15, 0.2) is 0 Å². The molecule has 0 amide bonds. The first-order chi connectivity index (χ1) is 8.88. The lowest BCUT2D eigenvalue weighted by atomic mass is 9.79. The van der Waals surface area contributed by atoms with Gasteiger partial charge in [0, 0.05) is 36.8 Å². The molecule has 3 heterocycles. The van der Waals surface area contributed by atoms with Gasteiger partial charge in [-0.15, -0.1) is 0 Å². The molecule has 4 nitrogen and oxygen atoms in total. The van der Waals surface area contributed by atoms with Gasteiger partial charge in [0.25, 0.3) is 0 Å². The summed E-state index contributed by atoms with van der Waals surface area (Å²) >= 11 is 0. The number of nitrogens with one attached hydrogen (secondary N) is 1. The third kappa shape index (κ3) is 2.27. The smallest absolute Gasteiger partial charge is 0.355 e. The van der Waals surface area contributed by atoms with E-state index < -0.39 is 12.0 Å². The summed E-state index contributed by atoms with van der Waals surface area (Å²) < 4.78 is 38.0. The number of hydrogen-bond acceptors (Lipinski definition) is 4. The minimum Gasteiger partial charge on any atom is -0.355 e. The fourth-order valence-electron chi connectivity index (χ4n) is 2.83. The Morgan fingerprint density at radius 1 is 1.32 bits per heavy atom. The Kier molecular flexibility index (Phi) is 2.70. The second kappa shape index (κ2) is 4.06. The van der Waals surface area contributed by atoms with Gasteiger partial charge in [0.2, 0.25) is 5.82 Å². The summed E-state index contributed by atoms with van der Waals surface area (Å²) in [5.41, 5.74) is 0.583. The third-order valence-electron chi connectivity index (χ3n) is 3.80. The molecular weight excluding hydrogens is 257 g/mol. The van der Waals surface area contributed by atoms with E-state index in [9.17, 15) is 13.2 Å². The Balaban J connectivity index is 1.81. The van der Waals surface area contributed by atoms with Gasteiger partial charge in [-0.3, -0.25) is 0 Å². The number of aryl methyl sites for hydroxylation is 1. The molecular formula is C12H15F3N4. The van der Waals surface area contributed by atoms with Gasteiger partial charge in [0.1, 0.15) is 5.82 Å². The molecule has 0 radical (unpaired) electrons. The zero-order valence-corrected chi connectivity index (χ0v) is 10.6. The Labute approximate surface area is 109 Å². The van der Waals surface area contributed by atoms with E-state index in [1.807, 2.05) is 4.90 Å². The number of alkyl halides is 3. The van der Waals surface area contributed by atoms with E-state index in [0.29, 0.717) is 11.5 Å². The third-order valence-corrected chi connectivity index (χ3v) is 3.80. The average Bonchev–Trinajstić information content (AvgIpc) is 2.73. The molecule has 104 valence electrons. The van der Waals surface area contributed by atoms with E-state index in [-0.39, 0.29) is 5.41 Å². The van der Waals surface area contributed by atoms with Crippen molar-refractivity contribution in [3.63, 3.8) is 0 Å². The first-order valence-electron chi connectivity index (χ1n) is 6.27. The van der Waals surface area contributed by atoms with Gasteiger partial charge in [-0.05, 0) is 19.9 Å². The molecule has 1 spiro atoms. The fourth-order valence-corrected chi connectivity index (χ4v) is 2.83. The first kappa shape index (κ1) is 12.7.